The second kappa shape index (κ2) is 10.7. The van der Waals surface area contributed by atoms with Crippen molar-refractivity contribution in [3.8, 4) is 0 Å². The van der Waals surface area contributed by atoms with Gasteiger partial charge in [0.25, 0.3) is 0 Å². The first-order chi connectivity index (χ1) is 18.6. The van der Waals surface area contributed by atoms with E-state index in [0.29, 0.717) is 60.2 Å². The molecule has 2 aromatic rings. The van der Waals surface area contributed by atoms with Gasteiger partial charge < -0.3 is 20.3 Å². The fourth-order valence-electron chi connectivity index (χ4n) is 5.25. The van der Waals surface area contributed by atoms with E-state index in [1.807, 2.05) is 18.2 Å². The molecule has 0 spiro atoms. The number of ketones is 1. The van der Waals surface area contributed by atoms with Crippen LogP contribution in [0.15, 0.2) is 46.1 Å². The molecule has 1 aromatic heterocycles. The lowest BCUT2D eigenvalue weighted by molar-refractivity contribution is -0.116. The summed E-state index contributed by atoms with van der Waals surface area (Å²) in [6.07, 6.45) is 2.85. The van der Waals surface area contributed by atoms with E-state index in [1.165, 1.54) is 24.2 Å². The monoisotopic (exact) mass is 535 g/mol. The first-order valence-corrected chi connectivity index (χ1v) is 13.7. The number of benzene rings is 1. The van der Waals surface area contributed by atoms with E-state index >= 15 is 0 Å². The van der Waals surface area contributed by atoms with Crippen molar-refractivity contribution in [1.29, 1.82) is 0 Å². The van der Waals surface area contributed by atoms with Crippen LogP contribution in [0.2, 0.25) is 0 Å². The maximum Gasteiger partial charge on any atom is 0.333 e. The van der Waals surface area contributed by atoms with Gasteiger partial charge in [-0.15, -0.1) is 11.3 Å². The Morgan fingerprint density at radius 1 is 1.05 bits per heavy atom. The third-order valence-electron chi connectivity index (χ3n) is 7.14. The minimum Gasteiger partial charge on any atom is -0.379 e. The highest BCUT2D eigenvalue weighted by Gasteiger charge is 2.42. The second-order valence-electron chi connectivity index (χ2n) is 9.66. The zero-order valence-corrected chi connectivity index (χ0v) is 21.7. The molecule has 1 aromatic carbocycles. The number of fused-ring (bicyclic) bond motifs is 3. The summed E-state index contributed by atoms with van der Waals surface area (Å²) in [5.41, 5.74) is 5.41. The Hall–Kier alpha value is -3.45. The normalized spacial score (nSPS) is 21.1. The standard InChI is InChI=1S/C26H29N7O4S/c34-19(8-11-32-9-1-2-10-32)28-20-7-6-18(38-20)24-22-23(29-30-24)16-4-3-5-17(21(16)25(22)35)27-26(36)31-33-12-14-37-15-13-33/h3-7,23H,1-2,8-15H2,(H,28,34)(H2,27,31,36). The van der Waals surface area contributed by atoms with Crippen molar-refractivity contribution < 1.29 is 19.1 Å². The van der Waals surface area contributed by atoms with Gasteiger partial charge in [0.15, 0.2) is 5.78 Å². The predicted molar refractivity (Wildman–Crippen MR) is 143 cm³/mol. The maximum atomic E-state index is 13.6. The first-order valence-electron chi connectivity index (χ1n) is 12.9. The fraction of sp³-hybridized carbons (Fsp3) is 0.423. The van der Waals surface area contributed by atoms with Crippen molar-refractivity contribution in [3.05, 3.63) is 51.9 Å². The lowest BCUT2D eigenvalue weighted by atomic mass is 10.1. The molecular formula is C26H29N7O4S. The average Bonchev–Trinajstić information content (AvgIpc) is 3.71. The Morgan fingerprint density at radius 3 is 2.68 bits per heavy atom. The van der Waals surface area contributed by atoms with E-state index in [2.05, 4.69) is 31.2 Å². The van der Waals surface area contributed by atoms with Gasteiger partial charge in [0.2, 0.25) is 5.91 Å². The first kappa shape index (κ1) is 24.9. The molecule has 3 amide bonds. The van der Waals surface area contributed by atoms with Crippen molar-refractivity contribution in [1.82, 2.24) is 15.3 Å². The molecular weight excluding hydrogens is 506 g/mol. The van der Waals surface area contributed by atoms with E-state index in [-0.39, 0.29) is 11.7 Å². The molecule has 198 valence electrons. The number of hydrogen-bond acceptors (Lipinski definition) is 9. The van der Waals surface area contributed by atoms with Gasteiger partial charge in [-0.05, 0) is 49.7 Å². The summed E-state index contributed by atoms with van der Waals surface area (Å²) < 4.78 is 5.31. The predicted octanol–water partition coefficient (Wildman–Crippen LogP) is 3.66. The number of urea groups is 1. The summed E-state index contributed by atoms with van der Waals surface area (Å²) >= 11 is 1.38. The molecule has 2 saturated heterocycles. The second-order valence-corrected chi connectivity index (χ2v) is 10.7. The summed E-state index contributed by atoms with van der Waals surface area (Å²) in [5.74, 6) is -0.221. The summed E-state index contributed by atoms with van der Waals surface area (Å²) in [7, 11) is 0. The minimum absolute atomic E-state index is 0.0238. The molecule has 0 saturated carbocycles. The Labute approximate surface area is 223 Å². The number of anilines is 2. The molecule has 38 heavy (non-hydrogen) atoms. The van der Waals surface area contributed by atoms with Crippen molar-refractivity contribution in [2.75, 3.05) is 56.6 Å². The highest BCUT2D eigenvalue weighted by Crippen LogP contribution is 2.50. The van der Waals surface area contributed by atoms with Gasteiger partial charge in [-0.3, -0.25) is 15.0 Å². The summed E-state index contributed by atoms with van der Waals surface area (Å²) in [6, 6.07) is 8.14. The van der Waals surface area contributed by atoms with E-state index in [9.17, 15) is 14.4 Å². The van der Waals surface area contributed by atoms with Crippen LogP contribution >= 0.6 is 11.3 Å². The van der Waals surface area contributed by atoms with Crippen LogP contribution in [0.5, 0.6) is 0 Å². The molecule has 4 heterocycles. The number of nitrogens with one attached hydrogen (secondary N) is 3. The van der Waals surface area contributed by atoms with E-state index < -0.39 is 12.1 Å². The highest BCUT2D eigenvalue weighted by molar-refractivity contribution is 7.17. The number of ether oxygens (including phenoxy) is 1. The smallest absolute Gasteiger partial charge is 0.333 e. The molecule has 1 aliphatic carbocycles. The van der Waals surface area contributed by atoms with Crippen LogP contribution < -0.4 is 16.1 Å². The van der Waals surface area contributed by atoms with Crippen molar-refractivity contribution in [2.24, 2.45) is 10.2 Å². The Balaban J connectivity index is 1.16. The number of Topliss-reactive ketones (excluding diaryl/α,β-unsaturated/α-hetero) is 1. The van der Waals surface area contributed by atoms with Gasteiger partial charge >= 0.3 is 6.03 Å². The van der Waals surface area contributed by atoms with Crippen LogP contribution in [0.25, 0.3) is 5.70 Å². The molecule has 6 rings (SSSR count). The average molecular weight is 536 g/mol. The molecule has 3 aliphatic heterocycles. The number of hydrogen-bond donors (Lipinski definition) is 3. The number of carbonyl (C=O) groups excluding carboxylic acids is 3. The number of rotatable bonds is 7. The van der Waals surface area contributed by atoms with Crippen molar-refractivity contribution in [2.45, 2.75) is 25.3 Å². The van der Waals surface area contributed by atoms with Crippen LogP contribution in [0.4, 0.5) is 15.5 Å². The third-order valence-corrected chi connectivity index (χ3v) is 8.15. The summed E-state index contributed by atoms with van der Waals surface area (Å²) in [4.78, 5) is 41.8. The van der Waals surface area contributed by atoms with Crippen molar-refractivity contribution >= 4 is 45.4 Å². The Kier molecular flexibility index (Phi) is 7.02. The quantitative estimate of drug-likeness (QED) is 0.497. The van der Waals surface area contributed by atoms with E-state index in [0.717, 1.165) is 30.1 Å². The van der Waals surface area contributed by atoms with Gasteiger partial charge in [-0.25, -0.2) is 9.80 Å². The molecule has 2 fully saturated rings. The van der Waals surface area contributed by atoms with Gasteiger partial charge in [0, 0.05) is 26.1 Å². The van der Waals surface area contributed by atoms with Gasteiger partial charge in [0.1, 0.15) is 11.7 Å². The van der Waals surface area contributed by atoms with Crippen molar-refractivity contribution in [3.63, 3.8) is 0 Å². The number of azo groups is 1. The van der Waals surface area contributed by atoms with E-state index in [1.54, 1.807) is 17.1 Å². The van der Waals surface area contributed by atoms with Crippen LogP contribution in [0.3, 0.4) is 0 Å². The van der Waals surface area contributed by atoms with Gasteiger partial charge in [-0.1, -0.05) is 12.1 Å². The number of hydrazine groups is 1. The SMILES string of the molecule is O=C(CCN1CCCC1)Nc1ccc(C2=C3C(=O)c4c(NC(=O)NN5CCOCC5)cccc4C3N=N2)s1. The zero-order chi connectivity index (χ0) is 26.1. The molecule has 1 unspecified atom stereocenters. The topological polar surface area (TPSA) is 128 Å². The lowest BCUT2D eigenvalue weighted by Crippen LogP contribution is -2.49. The van der Waals surface area contributed by atoms with E-state index in [4.69, 9.17) is 4.74 Å². The maximum absolute atomic E-state index is 13.6. The number of morpholine rings is 1. The zero-order valence-electron chi connectivity index (χ0n) is 20.9. The molecule has 1 atom stereocenters. The number of carbonyl (C=O) groups is 3. The largest absolute Gasteiger partial charge is 0.379 e. The molecule has 11 nitrogen and oxygen atoms in total. The molecule has 12 heteroatoms. The van der Waals surface area contributed by atoms with Crippen LogP contribution in [0.1, 0.15) is 46.1 Å². The number of amides is 3. The molecule has 0 radical (unpaired) electrons. The minimum atomic E-state index is -0.503. The van der Waals surface area contributed by atoms with Gasteiger partial charge in [0.05, 0.1) is 39.9 Å². The summed E-state index contributed by atoms with van der Waals surface area (Å²) in [6.45, 7) is 5.19. The molecule has 4 aliphatic rings. The summed E-state index contributed by atoms with van der Waals surface area (Å²) in [5, 5.41) is 17.0. The third kappa shape index (κ3) is 4.99. The number of thiophene rings is 1. The van der Waals surface area contributed by atoms with Crippen LogP contribution in [-0.2, 0) is 9.53 Å². The lowest BCUT2D eigenvalue weighted by Gasteiger charge is -2.27. The number of likely N-dealkylation sites (tertiary alicyclic amines) is 1. The van der Waals surface area contributed by atoms with Crippen LogP contribution in [-0.4, -0.2) is 73.6 Å². The number of nitrogens with zero attached hydrogens (tertiary/aromatic N) is 4. The fourth-order valence-corrected chi connectivity index (χ4v) is 6.17. The molecule has 0 bridgehead atoms. The van der Waals surface area contributed by atoms with Crippen LogP contribution in [0, 0.1) is 0 Å². The Morgan fingerprint density at radius 2 is 1.87 bits per heavy atom. The Bertz CT molecular complexity index is 1320. The van der Waals surface area contributed by atoms with Gasteiger partial charge in [-0.2, -0.15) is 10.2 Å². The highest BCUT2D eigenvalue weighted by atomic mass is 32.1. The molecule has 3 N–H and O–H groups in total.